The number of benzene rings is 1. The number of nitrogens with zero attached hydrogens (tertiary/aromatic N) is 4. The minimum atomic E-state index is -0.327. The number of hydrogen-bond donors (Lipinski definition) is 1. The molecule has 0 radical (unpaired) electrons. The number of aromatic nitrogens is 2. The molecule has 2 aromatic rings. The first-order valence-corrected chi connectivity index (χ1v) is 7.78. The summed E-state index contributed by atoms with van der Waals surface area (Å²) in [5.41, 5.74) is 2.27. The van der Waals surface area contributed by atoms with E-state index in [4.69, 9.17) is 0 Å². The minimum Gasteiger partial charge on any atom is -0.392 e. The molecule has 3 rings (SSSR count). The van der Waals surface area contributed by atoms with Gasteiger partial charge in [-0.2, -0.15) is 8.75 Å². The van der Waals surface area contributed by atoms with Crippen molar-refractivity contribution in [1.29, 1.82) is 0 Å². The molecule has 0 aliphatic carbocycles. The molecule has 0 spiro atoms. The minimum absolute atomic E-state index is 0. The van der Waals surface area contributed by atoms with E-state index in [1.165, 1.54) is 0 Å². The monoisotopic (exact) mass is 342 g/mol. The average molecular weight is 343 g/mol. The third-order valence-electron chi connectivity index (χ3n) is 3.68. The number of amides is 1. The van der Waals surface area contributed by atoms with Crippen LogP contribution < -0.4 is 0 Å². The van der Waals surface area contributed by atoms with Crippen LogP contribution in [-0.4, -0.2) is 68.4 Å². The second kappa shape index (κ2) is 7.32. The van der Waals surface area contributed by atoms with Crippen molar-refractivity contribution in [3.63, 3.8) is 0 Å². The number of β-amino-alcohol motifs (C(OH)–C–C–N with tert-alkyl or cyclic N) is 1. The Morgan fingerprint density at radius 3 is 2.64 bits per heavy atom. The molecule has 1 aliphatic heterocycles. The van der Waals surface area contributed by atoms with Crippen molar-refractivity contribution < 1.29 is 9.90 Å². The van der Waals surface area contributed by atoms with Gasteiger partial charge in [0.2, 0.25) is 0 Å². The Hall–Kier alpha value is -1.28. The third-order valence-corrected chi connectivity index (χ3v) is 4.24. The molecule has 1 atom stereocenters. The van der Waals surface area contributed by atoms with Crippen LogP contribution in [0.3, 0.4) is 0 Å². The molecular formula is C14H19ClN4O2S. The van der Waals surface area contributed by atoms with Crippen molar-refractivity contribution in [2.75, 3.05) is 32.7 Å². The van der Waals surface area contributed by atoms with E-state index in [1.54, 1.807) is 6.92 Å². The summed E-state index contributed by atoms with van der Waals surface area (Å²) in [6, 6.07) is 5.47. The fourth-order valence-electron chi connectivity index (χ4n) is 2.60. The summed E-state index contributed by atoms with van der Waals surface area (Å²) in [7, 11) is 0. The Balaban J connectivity index is 0.00000176. The maximum atomic E-state index is 12.5. The second-order valence-corrected chi connectivity index (χ2v) is 5.94. The van der Waals surface area contributed by atoms with Gasteiger partial charge in [-0.1, -0.05) is 0 Å². The van der Waals surface area contributed by atoms with Gasteiger partial charge in [0, 0.05) is 38.3 Å². The largest absolute Gasteiger partial charge is 0.392 e. The Morgan fingerprint density at radius 1 is 1.27 bits per heavy atom. The van der Waals surface area contributed by atoms with E-state index in [1.807, 2.05) is 23.1 Å². The van der Waals surface area contributed by atoms with Gasteiger partial charge in [-0.3, -0.25) is 9.69 Å². The van der Waals surface area contributed by atoms with Crippen LogP contribution in [0.25, 0.3) is 11.0 Å². The number of aliphatic hydroxyl groups excluding tert-OH is 1. The van der Waals surface area contributed by atoms with Gasteiger partial charge >= 0.3 is 0 Å². The molecular weight excluding hydrogens is 324 g/mol. The molecule has 1 unspecified atom stereocenters. The van der Waals surface area contributed by atoms with Crippen molar-refractivity contribution in [3.05, 3.63) is 23.8 Å². The van der Waals surface area contributed by atoms with Gasteiger partial charge in [-0.15, -0.1) is 12.4 Å². The van der Waals surface area contributed by atoms with Gasteiger partial charge in [0.05, 0.1) is 17.8 Å². The van der Waals surface area contributed by atoms with Gasteiger partial charge in [0.25, 0.3) is 5.91 Å². The SMILES string of the molecule is CC(O)CN1CCN(C(=O)c2ccc3nsnc3c2)CC1.Cl. The third kappa shape index (κ3) is 3.73. The molecule has 0 bridgehead atoms. The number of hydrogen-bond acceptors (Lipinski definition) is 6. The number of rotatable bonds is 3. The van der Waals surface area contributed by atoms with Crippen molar-refractivity contribution in [3.8, 4) is 0 Å². The first kappa shape index (κ1) is 17.1. The van der Waals surface area contributed by atoms with Crippen molar-refractivity contribution in [1.82, 2.24) is 18.5 Å². The smallest absolute Gasteiger partial charge is 0.254 e. The lowest BCUT2D eigenvalue weighted by atomic mass is 10.1. The highest BCUT2D eigenvalue weighted by atomic mass is 35.5. The number of piperazine rings is 1. The summed E-state index contributed by atoms with van der Waals surface area (Å²) < 4.78 is 8.32. The van der Waals surface area contributed by atoms with E-state index in [0.29, 0.717) is 25.2 Å². The van der Waals surface area contributed by atoms with Crippen LogP contribution in [0.2, 0.25) is 0 Å². The predicted octanol–water partition coefficient (Wildman–Crippen LogP) is 1.25. The summed E-state index contributed by atoms with van der Waals surface area (Å²) >= 11 is 1.16. The zero-order valence-electron chi connectivity index (χ0n) is 12.3. The summed E-state index contributed by atoms with van der Waals surface area (Å²) in [4.78, 5) is 16.6. The quantitative estimate of drug-likeness (QED) is 0.909. The summed E-state index contributed by atoms with van der Waals surface area (Å²) in [6.07, 6.45) is -0.327. The zero-order valence-corrected chi connectivity index (χ0v) is 13.9. The molecule has 1 saturated heterocycles. The number of carbonyl (C=O) groups excluding carboxylic acids is 1. The van der Waals surface area contributed by atoms with E-state index in [0.717, 1.165) is 35.9 Å². The van der Waals surface area contributed by atoms with E-state index in [-0.39, 0.29) is 24.4 Å². The second-order valence-electron chi connectivity index (χ2n) is 5.41. The Bertz CT molecular complexity index is 641. The fourth-order valence-corrected chi connectivity index (χ4v) is 3.12. The van der Waals surface area contributed by atoms with E-state index < -0.39 is 0 Å². The van der Waals surface area contributed by atoms with Crippen molar-refractivity contribution in [2.24, 2.45) is 0 Å². The first-order valence-electron chi connectivity index (χ1n) is 7.05. The van der Waals surface area contributed by atoms with Crippen LogP contribution in [0.15, 0.2) is 18.2 Å². The maximum absolute atomic E-state index is 12.5. The van der Waals surface area contributed by atoms with Crippen molar-refractivity contribution in [2.45, 2.75) is 13.0 Å². The number of fused-ring (bicyclic) bond motifs is 1. The van der Waals surface area contributed by atoms with Crippen molar-refractivity contribution >= 4 is 41.1 Å². The van der Waals surface area contributed by atoms with E-state index in [2.05, 4.69) is 13.6 Å². The van der Waals surface area contributed by atoms with Crippen LogP contribution in [0.1, 0.15) is 17.3 Å². The van der Waals surface area contributed by atoms with Crippen LogP contribution in [-0.2, 0) is 0 Å². The highest BCUT2D eigenvalue weighted by molar-refractivity contribution is 7.00. The molecule has 2 heterocycles. The molecule has 1 amide bonds. The van der Waals surface area contributed by atoms with Gasteiger partial charge in [-0.25, -0.2) is 0 Å². The molecule has 1 N–H and O–H groups in total. The molecule has 0 saturated carbocycles. The van der Waals surface area contributed by atoms with Crippen LogP contribution in [0.5, 0.6) is 0 Å². The number of carbonyl (C=O) groups is 1. The van der Waals surface area contributed by atoms with Crippen LogP contribution in [0.4, 0.5) is 0 Å². The van der Waals surface area contributed by atoms with Crippen LogP contribution in [0, 0.1) is 0 Å². The number of aliphatic hydroxyl groups is 1. The average Bonchev–Trinajstić information content (AvgIpc) is 2.94. The van der Waals surface area contributed by atoms with Gasteiger partial charge in [0.15, 0.2) is 0 Å². The van der Waals surface area contributed by atoms with E-state index >= 15 is 0 Å². The summed E-state index contributed by atoms with van der Waals surface area (Å²) in [6.45, 7) is 5.44. The normalized spacial score (nSPS) is 17.3. The summed E-state index contributed by atoms with van der Waals surface area (Å²) in [5.74, 6) is 0.0431. The zero-order chi connectivity index (χ0) is 14.8. The van der Waals surface area contributed by atoms with E-state index in [9.17, 15) is 9.90 Å². The molecule has 1 fully saturated rings. The lowest BCUT2D eigenvalue weighted by molar-refractivity contribution is 0.0554. The highest BCUT2D eigenvalue weighted by Crippen LogP contribution is 2.16. The highest BCUT2D eigenvalue weighted by Gasteiger charge is 2.23. The Morgan fingerprint density at radius 2 is 1.95 bits per heavy atom. The van der Waals surface area contributed by atoms with Gasteiger partial charge in [-0.05, 0) is 25.1 Å². The fraction of sp³-hybridized carbons (Fsp3) is 0.500. The van der Waals surface area contributed by atoms with Gasteiger partial charge in [0.1, 0.15) is 11.0 Å². The van der Waals surface area contributed by atoms with Crippen LogP contribution >= 0.6 is 24.1 Å². The molecule has 8 heteroatoms. The predicted molar refractivity (Wildman–Crippen MR) is 88.7 cm³/mol. The molecule has 1 aliphatic rings. The molecule has 120 valence electrons. The Kier molecular flexibility index (Phi) is 5.69. The lowest BCUT2D eigenvalue weighted by Gasteiger charge is -2.35. The Labute approximate surface area is 139 Å². The summed E-state index contributed by atoms with van der Waals surface area (Å²) in [5, 5.41) is 9.40. The molecule has 1 aromatic carbocycles. The first-order chi connectivity index (χ1) is 10.1. The number of halogens is 1. The molecule has 1 aromatic heterocycles. The molecule has 22 heavy (non-hydrogen) atoms. The lowest BCUT2D eigenvalue weighted by Crippen LogP contribution is -2.50. The standard InChI is InChI=1S/C14H18N4O2S.ClH/c1-10(19)9-17-4-6-18(7-5-17)14(20)11-2-3-12-13(8-11)16-21-15-12;/h2-3,8,10,19H,4-7,9H2,1H3;1H. The van der Waals surface area contributed by atoms with Gasteiger partial charge < -0.3 is 10.0 Å². The molecule has 6 nitrogen and oxygen atoms in total. The topological polar surface area (TPSA) is 69.6 Å². The maximum Gasteiger partial charge on any atom is 0.254 e.